The number of rotatable bonds is 8. The number of hydrogen-bond acceptors (Lipinski definition) is 5. The van der Waals surface area contributed by atoms with E-state index in [9.17, 15) is 13.5 Å². The molecule has 0 bridgehead atoms. The van der Waals surface area contributed by atoms with Gasteiger partial charge in [-0.1, -0.05) is 18.2 Å². The minimum absolute atomic E-state index is 0.164. The molecule has 0 saturated heterocycles. The van der Waals surface area contributed by atoms with Gasteiger partial charge in [0.05, 0.1) is 4.75 Å². The number of aliphatic hydroxyl groups is 1. The molecule has 6 heteroatoms. The molecule has 0 saturated carbocycles. The minimum atomic E-state index is -3.14. The Balaban J connectivity index is 2.36. The van der Waals surface area contributed by atoms with Gasteiger partial charge < -0.3 is 15.2 Å². The van der Waals surface area contributed by atoms with Crippen LogP contribution >= 0.6 is 0 Å². The third-order valence-electron chi connectivity index (χ3n) is 3.46. The van der Waals surface area contributed by atoms with Crippen molar-refractivity contribution in [3.8, 4) is 5.75 Å². The van der Waals surface area contributed by atoms with E-state index in [4.69, 9.17) is 4.74 Å². The summed E-state index contributed by atoms with van der Waals surface area (Å²) in [5.41, 5.74) is 1.01. The Morgan fingerprint density at radius 1 is 1.33 bits per heavy atom. The molecular weight excluding hydrogens is 290 g/mol. The fourth-order valence-electron chi connectivity index (χ4n) is 1.63. The molecule has 0 amide bonds. The molecule has 1 aromatic carbocycles. The van der Waals surface area contributed by atoms with E-state index in [1.807, 2.05) is 31.2 Å². The van der Waals surface area contributed by atoms with Gasteiger partial charge in [0.1, 0.15) is 18.5 Å². The zero-order chi connectivity index (χ0) is 16.1. The standard InChI is InChI=1S/C15H25NO4S/c1-12-7-5-6-8-14(12)20-10-13(17)9-16-11-15(2,3)21(4,18)19/h5-8,13,16-17H,9-11H2,1-4H3. The van der Waals surface area contributed by atoms with Crippen LogP contribution in [0.25, 0.3) is 0 Å². The van der Waals surface area contributed by atoms with Gasteiger partial charge in [-0.25, -0.2) is 8.42 Å². The molecule has 21 heavy (non-hydrogen) atoms. The predicted molar refractivity (Wildman–Crippen MR) is 84.5 cm³/mol. The van der Waals surface area contributed by atoms with Crippen LogP contribution in [0.2, 0.25) is 0 Å². The van der Waals surface area contributed by atoms with E-state index in [0.29, 0.717) is 0 Å². The van der Waals surface area contributed by atoms with Crippen molar-refractivity contribution in [1.29, 1.82) is 0 Å². The summed E-state index contributed by atoms with van der Waals surface area (Å²) in [7, 11) is -3.14. The van der Waals surface area contributed by atoms with Crippen molar-refractivity contribution in [2.24, 2.45) is 0 Å². The van der Waals surface area contributed by atoms with Crippen LogP contribution < -0.4 is 10.1 Å². The highest BCUT2D eigenvalue weighted by Gasteiger charge is 2.29. The Hall–Kier alpha value is -1.11. The van der Waals surface area contributed by atoms with Gasteiger partial charge in [0.25, 0.3) is 0 Å². The molecule has 0 spiro atoms. The fourth-order valence-corrected chi connectivity index (χ4v) is 2.00. The van der Waals surface area contributed by atoms with Crippen molar-refractivity contribution < 1.29 is 18.3 Å². The zero-order valence-electron chi connectivity index (χ0n) is 13.1. The lowest BCUT2D eigenvalue weighted by Crippen LogP contribution is -2.44. The normalized spacial score (nSPS) is 14.0. The first-order valence-electron chi connectivity index (χ1n) is 6.90. The molecule has 0 radical (unpaired) electrons. The second-order valence-electron chi connectivity index (χ2n) is 5.89. The number of hydrogen-bond donors (Lipinski definition) is 2. The van der Waals surface area contributed by atoms with E-state index in [2.05, 4.69) is 5.32 Å². The molecule has 0 aliphatic rings. The molecular formula is C15H25NO4S. The quantitative estimate of drug-likeness (QED) is 0.752. The second kappa shape index (κ2) is 7.24. The summed E-state index contributed by atoms with van der Waals surface area (Å²) in [4.78, 5) is 0. The maximum atomic E-state index is 11.5. The summed E-state index contributed by atoms with van der Waals surface area (Å²) in [6.45, 7) is 5.99. The van der Waals surface area contributed by atoms with Crippen LogP contribution in [-0.4, -0.2) is 50.3 Å². The maximum absolute atomic E-state index is 11.5. The topological polar surface area (TPSA) is 75.6 Å². The van der Waals surface area contributed by atoms with Gasteiger partial charge in [-0.2, -0.15) is 0 Å². The van der Waals surface area contributed by atoms with E-state index >= 15 is 0 Å². The fraction of sp³-hybridized carbons (Fsp3) is 0.600. The lowest BCUT2D eigenvalue weighted by atomic mass is 10.2. The number of ether oxygens (including phenoxy) is 1. The first-order valence-corrected chi connectivity index (χ1v) is 8.79. The molecule has 2 N–H and O–H groups in total. The van der Waals surface area contributed by atoms with Gasteiger partial charge in [0.15, 0.2) is 9.84 Å². The minimum Gasteiger partial charge on any atom is -0.491 e. The van der Waals surface area contributed by atoms with Gasteiger partial charge in [0.2, 0.25) is 0 Å². The van der Waals surface area contributed by atoms with Crippen molar-refractivity contribution in [2.75, 3.05) is 26.0 Å². The average Bonchev–Trinajstić information content (AvgIpc) is 2.36. The summed E-state index contributed by atoms with van der Waals surface area (Å²) in [6, 6.07) is 7.59. The Bertz CT molecular complexity index is 555. The van der Waals surface area contributed by atoms with Crippen molar-refractivity contribution in [3.63, 3.8) is 0 Å². The molecule has 0 aliphatic carbocycles. The van der Waals surface area contributed by atoms with E-state index in [0.717, 1.165) is 11.3 Å². The third kappa shape index (κ3) is 5.65. The van der Waals surface area contributed by atoms with Crippen LogP contribution in [0.1, 0.15) is 19.4 Å². The predicted octanol–water partition coefficient (Wildman–Crippen LogP) is 1.15. The first-order chi connectivity index (χ1) is 9.63. The number of nitrogens with one attached hydrogen (secondary N) is 1. The highest BCUT2D eigenvalue weighted by molar-refractivity contribution is 7.92. The average molecular weight is 315 g/mol. The summed E-state index contributed by atoms with van der Waals surface area (Å²) >= 11 is 0. The molecule has 0 aromatic heterocycles. The summed E-state index contributed by atoms with van der Waals surface area (Å²) in [5.74, 6) is 0.744. The van der Waals surface area contributed by atoms with Gasteiger partial charge >= 0.3 is 0 Å². The van der Waals surface area contributed by atoms with Crippen molar-refractivity contribution in [1.82, 2.24) is 5.32 Å². The van der Waals surface area contributed by atoms with Crippen molar-refractivity contribution >= 4 is 9.84 Å². The van der Waals surface area contributed by atoms with Crippen molar-refractivity contribution in [2.45, 2.75) is 31.6 Å². The van der Waals surface area contributed by atoms with Gasteiger partial charge in [0, 0.05) is 19.3 Å². The van der Waals surface area contributed by atoms with Crippen molar-refractivity contribution in [3.05, 3.63) is 29.8 Å². The largest absolute Gasteiger partial charge is 0.491 e. The van der Waals surface area contributed by atoms with Crippen LogP contribution in [0.4, 0.5) is 0 Å². The highest BCUT2D eigenvalue weighted by Crippen LogP contribution is 2.16. The first kappa shape index (κ1) is 17.9. The summed E-state index contributed by atoms with van der Waals surface area (Å²) in [6.07, 6.45) is 0.520. The van der Waals surface area contributed by atoms with E-state index in [1.54, 1.807) is 13.8 Å². The SMILES string of the molecule is Cc1ccccc1OCC(O)CNCC(C)(C)S(C)(=O)=O. The van der Waals surface area contributed by atoms with Crippen LogP contribution in [0, 0.1) is 6.92 Å². The van der Waals surface area contributed by atoms with Crippen LogP contribution in [0.15, 0.2) is 24.3 Å². The molecule has 1 rings (SSSR count). The van der Waals surface area contributed by atoms with Crippen LogP contribution in [0.5, 0.6) is 5.75 Å². The smallest absolute Gasteiger partial charge is 0.153 e. The monoisotopic (exact) mass is 315 g/mol. The van der Waals surface area contributed by atoms with Gasteiger partial charge in [-0.3, -0.25) is 0 Å². The number of sulfone groups is 1. The highest BCUT2D eigenvalue weighted by atomic mass is 32.2. The van der Waals surface area contributed by atoms with Crippen LogP contribution in [-0.2, 0) is 9.84 Å². The maximum Gasteiger partial charge on any atom is 0.153 e. The lowest BCUT2D eigenvalue weighted by Gasteiger charge is -2.23. The van der Waals surface area contributed by atoms with E-state index < -0.39 is 20.7 Å². The second-order valence-corrected chi connectivity index (χ2v) is 8.54. The number of aliphatic hydroxyl groups excluding tert-OH is 1. The molecule has 120 valence electrons. The van der Waals surface area contributed by atoms with Gasteiger partial charge in [-0.05, 0) is 32.4 Å². The molecule has 1 unspecified atom stereocenters. The van der Waals surface area contributed by atoms with E-state index in [1.165, 1.54) is 6.26 Å². The summed E-state index contributed by atoms with van der Waals surface area (Å²) in [5, 5.41) is 12.8. The molecule has 5 nitrogen and oxygen atoms in total. The molecule has 0 aliphatic heterocycles. The van der Waals surface area contributed by atoms with Gasteiger partial charge in [-0.15, -0.1) is 0 Å². The molecule has 1 aromatic rings. The third-order valence-corrected chi connectivity index (χ3v) is 5.61. The van der Waals surface area contributed by atoms with Crippen LogP contribution in [0.3, 0.4) is 0 Å². The number of para-hydroxylation sites is 1. The molecule has 0 heterocycles. The number of aryl methyl sites for hydroxylation is 1. The Labute approximate surface area is 127 Å². The Morgan fingerprint density at radius 2 is 1.95 bits per heavy atom. The zero-order valence-corrected chi connectivity index (χ0v) is 13.9. The molecule has 0 fully saturated rings. The lowest BCUT2D eigenvalue weighted by molar-refractivity contribution is 0.106. The van der Waals surface area contributed by atoms with E-state index in [-0.39, 0.29) is 19.7 Å². The number of benzene rings is 1. The summed E-state index contributed by atoms with van der Waals surface area (Å²) < 4.78 is 27.8. The Kier molecular flexibility index (Phi) is 6.19. The molecule has 1 atom stereocenters. The Morgan fingerprint density at radius 3 is 2.52 bits per heavy atom.